The van der Waals surface area contributed by atoms with Crippen molar-refractivity contribution < 1.29 is 9.53 Å². The van der Waals surface area contributed by atoms with E-state index in [1.54, 1.807) is 13.3 Å². The van der Waals surface area contributed by atoms with Crippen LogP contribution < -0.4 is 9.64 Å². The molecule has 1 saturated heterocycles. The Labute approximate surface area is 176 Å². The van der Waals surface area contributed by atoms with E-state index in [1.807, 2.05) is 42.5 Å². The Kier molecular flexibility index (Phi) is 6.32. The molecule has 2 aromatic carbocycles. The molecule has 1 aliphatic heterocycles. The Bertz CT molecular complexity index is 976. The number of benzene rings is 2. The summed E-state index contributed by atoms with van der Waals surface area (Å²) in [5.41, 5.74) is 2.93. The molecule has 0 radical (unpaired) electrons. The minimum Gasteiger partial charge on any atom is -0.497 e. The first-order valence-corrected chi connectivity index (χ1v) is 10.4. The summed E-state index contributed by atoms with van der Waals surface area (Å²) in [6, 6.07) is 17.9. The van der Waals surface area contributed by atoms with Gasteiger partial charge in [0.25, 0.3) is 0 Å². The highest BCUT2D eigenvalue weighted by atomic mass is 16.5. The number of ether oxygens (including phenoxy) is 1. The Morgan fingerprint density at radius 3 is 2.70 bits per heavy atom. The highest BCUT2D eigenvalue weighted by Gasteiger charge is 2.27. The Balaban J connectivity index is 1.42. The van der Waals surface area contributed by atoms with E-state index >= 15 is 0 Å². The number of aryl methyl sites for hydroxylation is 1. The molecule has 3 aromatic rings. The molecule has 0 amide bonds. The van der Waals surface area contributed by atoms with E-state index < -0.39 is 0 Å². The highest BCUT2D eigenvalue weighted by Crippen LogP contribution is 2.25. The molecule has 6 nitrogen and oxygen atoms in total. The monoisotopic (exact) mass is 402 g/mol. The summed E-state index contributed by atoms with van der Waals surface area (Å²) in [5.74, 6) is 1.73. The molecule has 0 N–H and O–H groups in total. The van der Waals surface area contributed by atoms with E-state index in [0.29, 0.717) is 24.7 Å². The third-order valence-corrected chi connectivity index (χ3v) is 5.60. The van der Waals surface area contributed by atoms with Crippen molar-refractivity contribution in [2.24, 2.45) is 5.92 Å². The van der Waals surface area contributed by atoms with Crippen molar-refractivity contribution in [1.29, 1.82) is 0 Å². The first-order valence-electron chi connectivity index (χ1n) is 10.4. The topological polar surface area (TPSA) is 68.2 Å². The second kappa shape index (κ2) is 9.48. The number of nitrogens with zero attached hydrogens (tertiary/aromatic N) is 4. The number of carbonyl (C=O) groups is 1. The molecule has 1 fully saturated rings. The van der Waals surface area contributed by atoms with Crippen LogP contribution in [0.15, 0.2) is 60.8 Å². The molecule has 30 heavy (non-hydrogen) atoms. The Morgan fingerprint density at radius 2 is 1.93 bits per heavy atom. The quantitative estimate of drug-likeness (QED) is 0.596. The molecule has 0 aliphatic carbocycles. The summed E-state index contributed by atoms with van der Waals surface area (Å²) < 4.78 is 5.22. The standard InChI is InChI=1S/C24H26N4O2/c1-30-21-12-10-19(11-13-21)22-16-25-27-24(26-22)28-15-5-8-20(17-28)23(29)14-9-18-6-3-2-4-7-18/h2-4,6-7,10-13,16,20H,5,8-9,14-15,17H2,1H3/t20-/m1/s1. The lowest BCUT2D eigenvalue weighted by molar-refractivity contribution is -0.123. The average molecular weight is 402 g/mol. The van der Waals surface area contributed by atoms with Gasteiger partial charge in [-0.1, -0.05) is 30.3 Å². The van der Waals surface area contributed by atoms with Crippen LogP contribution in [0.25, 0.3) is 11.3 Å². The maximum absolute atomic E-state index is 12.8. The van der Waals surface area contributed by atoms with Gasteiger partial charge in [-0.15, -0.1) is 5.10 Å². The van der Waals surface area contributed by atoms with E-state index in [-0.39, 0.29) is 5.92 Å². The molecule has 0 unspecified atom stereocenters. The van der Waals surface area contributed by atoms with E-state index in [4.69, 9.17) is 9.72 Å². The number of ketones is 1. The van der Waals surface area contributed by atoms with Crippen LogP contribution in [-0.2, 0) is 11.2 Å². The third kappa shape index (κ3) is 4.82. The van der Waals surface area contributed by atoms with E-state index in [1.165, 1.54) is 5.56 Å². The molecule has 1 aromatic heterocycles. The number of rotatable bonds is 7. The summed E-state index contributed by atoms with van der Waals surface area (Å²) in [7, 11) is 1.65. The fraction of sp³-hybridized carbons (Fsp3) is 0.333. The molecule has 2 heterocycles. The zero-order chi connectivity index (χ0) is 20.8. The second-order valence-electron chi connectivity index (χ2n) is 7.61. The fourth-order valence-electron chi connectivity index (χ4n) is 3.87. The van der Waals surface area contributed by atoms with Gasteiger partial charge in [-0.05, 0) is 49.1 Å². The van der Waals surface area contributed by atoms with Crippen molar-refractivity contribution in [1.82, 2.24) is 15.2 Å². The maximum atomic E-state index is 12.8. The van der Waals surface area contributed by atoms with Crippen LogP contribution in [0, 0.1) is 5.92 Å². The maximum Gasteiger partial charge on any atom is 0.245 e. The van der Waals surface area contributed by atoms with Crippen LogP contribution >= 0.6 is 0 Å². The van der Waals surface area contributed by atoms with Crippen LogP contribution in [-0.4, -0.2) is 41.2 Å². The molecule has 0 saturated carbocycles. The average Bonchev–Trinajstić information content (AvgIpc) is 2.83. The number of piperidine rings is 1. The molecule has 154 valence electrons. The summed E-state index contributed by atoms with van der Waals surface area (Å²) in [6.07, 6.45) is 4.92. The summed E-state index contributed by atoms with van der Waals surface area (Å²) in [6.45, 7) is 1.50. The van der Waals surface area contributed by atoms with Gasteiger partial charge >= 0.3 is 0 Å². The number of anilines is 1. The summed E-state index contributed by atoms with van der Waals surface area (Å²) in [4.78, 5) is 19.6. The smallest absolute Gasteiger partial charge is 0.245 e. The summed E-state index contributed by atoms with van der Waals surface area (Å²) >= 11 is 0. The van der Waals surface area contributed by atoms with Crippen molar-refractivity contribution in [2.75, 3.05) is 25.1 Å². The zero-order valence-corrected chi connectivity index (χ0v) is 17.2. The predicted molar refractivity (Wildman–Crippen MR) is 117 cm³/mol. The first kappa shape index (κ1) is 20.0. The number of Topliss-reactive ketones (excluding diaryl/α,β-unsaturated/α-hetero) is 1. The molecule has 0 bridgehead atoms. The van der Waals surface area contributed by atoms with Crippen LogP contribution in [0.1, 0.15) is 24.8 Å². The normalized spacial score (nSPS) is 16.3. The lowest BCUT2D eigenvalue weighted by atomic mass is 9.91. The van der Waals surface area contributed by atoms with Crippen molar-refractivity contribution in [2.45, 2.75) is 25.7 Å². The Hall–Kier alpha value is -3.28. The molecule has 1 aliphatic rings. The number of aromatic nitrogens is 3. The highest BCUT2D eigenvalue weighted by molar-refractivity contribution is 5.82. The van der Waals surface area contributed by atoms with Crippen LogP contribution in [0.2, 0.25) is 0 Å². The summed E-state index contributed by atoms with van der Waals surface area (Å²) in [5, 5.41) is 8.39. The van der Waals surface area contributed by atoms with Crippen LogP contribution in [0.3, 0.4) is 0 Å². The van der Waals surface area contributed by atoms with Crippen molar-refractivity contribution in [3.05, 3.63) is 66.4 Å². The number of hydrogen-bond acceptors (Lipinski definition) is 6. The van der Waals surface area contributed by atoms with Gasteiger partial charge in [-0.3, -0.25) is 4.79 Å². The largest absolute Gasteiger partial charge is 0.497 e. The van der Waals surface area contributed by atoms with Gasteiger partial charge in [-0.2, -0.15) is 5.10 Å². The van der Waals surface area contributed by atoms with E-state index in [2.05, 4.69) is 27.2 Å². The van der Waals surface area contributed by atoms with Crippen molar-refractivity contribution in [3.8, 4) is 17.0 Å². The molecule has 6 heteroatoms. The molecular formula is C24H26N4O2. The van der Waals surface area contributed by atoms with Gasteiger partial charge in [0.05, 0.1) is 19.0 Å². The predicted octanol–water partition coefficient (Wildman–Crippen LogP) is 3.97. The second-order valence-corrected chi connectivity index (χ2v) is 7.61. The minimum absolute atomic E-state index is 0.0238. The zero-order valence-electron chi connectivity index (χ0n) is 17.2. The lowest BCUT2D eigenvalue weighted by Crippen LogP contribution is -2.40. The number of methoxy groups -OCH3 is 1. The molecule has 0 spiro atoms. The Morgan fingerprint density at radius 1 is 1.13 bits per heavy atom. The first-order chi connectivity index (χ1) is 14.7. The van der Waals surface area contributed by atoms with Gasteiger partial charge in [0.1, 0.15) is 11.5 Å². The van der Waals surface area contributed by atoms with Gasteiger partial charge in [0.2, 0.25) is 5.95 Å². The van der Waals surface area contributed by atoms with Gasteiger partial charge < -0.3 is 9.64 Å². The SMILES string of the molecule is COc1ccc(-c2cnnc(N3CCC[C@@H](C(=O)CCc4ccccc4)C3)n2)cc1. The molecule has 4 rings (SSSR count). The van der Waals surface area contributed by atoms with Gasteiger partial charge in [0, 0.05) is 31.0 Å². The van der Waals surface area contributed by atoms with Gasteiger partial charge in [-0.25, -0.2) is 4.98 Å². The van der Waals surface area contributed by atoms with Crippen molar-refractivity contribution >= 4 is 11.7 Å². The minimum atomic E-state index is 0.0238. The van der Waals surface area contributed by atoms with E-state index in [9.17, 15) is 4.79 Å². The van der Waals surface area contributed by atoms with Crippen LogP contribution in [0.5, 0.6) is 5.75 Å². The number of hydrogen-bond donors (Lipinski definition) is 0. The third-order valence-electron chi connectivity index (χ3n) is 5.60. The molecule has 1 atom stereocenters. The van der Waals surface area contributed by atoms with E-state index in [0.717, 1.165) is 42.8 Å². The molecular weight excluding hydrogens is 376 g/mol. The fourth-order valence-corrected chi connectivity index (χ4v) is 3.87. The van der Waals surface area contributed by atoms with Gasteiger partial charge in [0.15, 0.2) is 0 Å². The van der Waals surface area contributed by atoms with Crippen LogP contribution in [0.4, 0.5) is 5.95 Å². The lowest BCUT2D eigenvalue weighted by Gasteiger charge is -2.31. The number of carbonyl (C=O) groups excluding carboxylic acids is 1. The van der Waals surface area contributed by atoms with Crippen molar-refractivity contribution in [3.63, 3.8) is 0 Å².